The average Bonchev–Trinajstić information content (AvgIpc) is 3.19. The van der Waals surface area contributed by atoms with Crippen molar-refractivity contribution >= 4 is 29.9 Å². The topological polar surface area (TPSA) is 40.1 Å². The van der Waals surface area contributed by atoms with Gasteiger partial charge in [-0.1, -0.05) is 18.2 Å². The summed E-state index contributed by atoms with van der Waals surface area (Å²) in [4.78, 5) is 10.1. The van der Waals surface area contributed by atoms with Gasteiger partial charge in [0.2, 0.25) is 0 Å². The lowest BCUT2D eigenvalue weighted by Crippen LogP contribution is -2.40. The van der Waals surface area contributed by atoms with Crippen LogP contribution in [-0.2, 0) is 6.54 Å². The molecular weight excluding hydrogens is 475 g/mol. The molecule has 2 saturated heterocycles. The molecule has 0 bridgehead atoms. The number of para-hydroxylation sites is 1. The minimum atomic E-state index is 0. The fraction of sp³-hybridized carbons (Fsp3) is 0.696. The van der Waals surface area contributed by atoms with Crippen LogP contribution >= 0.6 is 24.0 Å². The van der Waals surface area contributed by atoms with Crippen LogP contribution in [0.3, 0.4) is 0 Å². The van der Waals surface area contributed by atoms with Crippen molar-refractivity contribution < 1.29 is 4.74 Å². The Bertz CT molecular complexity index is 658. The summed E-state index contributed by atoms with van der Waals surface area (Å²) in [6.07, 6.45) is 6.67. The molecule has 2 aliphatic heterocycles. The number of benzene rings is 1. The van der Waals surface area contributed by atoms with Crippen molar-refractivity contribution in [3.05, 3.63) is 29.8 Å². The first-order valence-corrected chi connectivity index (χ1v) is 11.3. The summed E-state index contributed by atoms with van der Waals surface area (Å²) in [5.41, 5.74) is 1.19. The Morgan fingerprint density at radius 1 is 1.10 bits per heavy atom. The van der Waals surface area contributed by atoms with Gasteiger partial charge in [0, 0.05) is 31.7 Å². The highest BCUT2D eigenvalue weighted by molar-refractivity contribution is 14.0. The lowest BCUT2D eigenvalue weighted by atomic mass is 10.1. The van der Waals surface area contributed by atoms with Crippen molar-refractivity contribution in [2.24, 2.45) is 16.8 Å². The van der Waals surface area contributed by atoms with Crippen LogP contribution in [0.1, 0.15) is 44.6 Å². The van der Waals surface area contributed by atoms with E-state index in [-0.39, 0.29) is 24.0 Å². The van der Waals surface area contributed by atoms with E-state index in [1.165, 1.54) is 57.3 Å². The minimum Gasteiger partial charge on any atom is -0.493 e. The van der Waals surface area contributed by atoms with Crippen LogP contribution in [0.5, 0.6) is 5.75 Å². The first-order valence-electron chi connectivity index (χ1n) is 11.3. The number of nitrogens with one attached hydrogen (secondary N) is 1. The molecule has 1 aliphatic carbocycles. The van der Waals surface area contributed by atoms with Crippen LogP contribution in [0.15, 0.2) is 29.3 Å². The van der Waals surface area contributed by atoms with E-state index < -0.39 is 0 Å². The second-order valence-corrected chi connectivity index (χ2v) is 8.64. The third kappa shape index (κ3) is 6.74. The second-order valence-electron chi connectivity index (χ2n) is 8.64. The molecule has 1 aromatic carbocycles. The molecule has 1 N–H and O–H groups in total. The van der Waals surface area contributed by atoms with Crippen molar-refractivity contribution in [1.82, 2.24) is 15.1 Å². The van der Waals surface area contributed by atoms with E-state index in [4.69, 9.17) is 9.73 Å². The van der Waals surface area contributed by atoms with Crippen LogP contribution in [0.25, 0.3) is 0 Å². The van der Waals surface area contributed by atoms with Crippen molar-refractivity contribution in [3.63, 3.8) is 0 Å². The van der Waals surface area contributed by atoms with E-state index in [1.807, 2.05) is 0 Å². The molecule has 1 aromatic rings. The van der Waals surface area contributed by atoms with Crippen molar-refractivity contribution in [2.75, 3.05) is 45.9 Å². The Morgan fingerprint density at radius 2 is 1.90 bits per heavy atom. The third-order valence-electron chi connectivity index (χ3n) is 6.18. The van der Waals surface area contributed by atoms with Gasteiger partial charge in [0.25, 0.3) is 0 Å². The molecule has 3 aliphatic rings. The Balaban J connectivity index is 0.00000240. The quantitative estimate of drug-likeness (QED) is 0.325. The predicted octanol–water partition coefficient (Wildman–Crippen LogP) is 3.98. The van der Waals surface area contributed by atoms with E-state index in [2.05, 4.69) is 46.3 Å². The standard InChI is InChI=1S/C23H36N4O.HI/c1-2-24-23(27-14-11-20(17-27)16-26-12-5-6-13-26)25-15-21-7-3-4-8-22(21)28-18-19-9-10-19;/h3-4,7-8,19-20H,2,5-6,9-18H2,1H3,(H,24,25);1H. The van der Waals surface area contributed by atoms with E-state index >= 15 is 0 Å². The van der Waals surface area contributed by atoms with E-state index in [0.29, 0.717) is 6.54 Å². The fourth-order valence-electron chi connectivity index (χ4n) is 4.36. The third-order valence-corrected chi connectivity index (χ3v) is 6.18. The molecule has 162 valence electrons. The summed E-state index contributed by atoms with van der Waals surface area (Å²) >= 11 is 0. The van der Waals surface area contributed by atoms with Crippen molar-refractivity contribution in [3.8, 4) is 5.75 Å². The summed E-state index contributed by atoms with van der Waals surface area (Å²) in [7, 11) is 0. The van der Waals surface area contributed by atoms with Gasteiger partial charge in [-0.15, -0.1) is 24.0 Å². The Kier molecular flexibility index (Phi) is 8.90. The first kappa shape index (κ1) is 22.7. The van der Waals surface area contributed by atoms with Crippen LogP contribution in [0.2, 0.25) is 0 Å². The lowest BCUT2D eigenvalue weighted by Gasteiger charge is -2.23. The molecule has 0 radical (unpaired) electrons. The van der Waals surface area contributed by atoms with E-state index in [9.17, 15) is 0 Å². The monoisotopic (exact) mass is 512 g/mol. The zero-order chi connectivity index (χ0) is 19.2. The average molecular weight is 512 g/mol. The highest BCUT2D eigenvalue weighted by atomic mass is 127. The zero-order valence-electron chi connectivity index (χ0n) is 17.8. The van der Waals surface area contributed by atoms with Gasteiger partial charge < -0.3 is 19.9 Å². The molecule has 29 heavy (non-hydrogen) atoms. The highest BCUT2D eigenvalue weighted by Crippen LogP contribution is 2.30. The number of hydrogen-bond donors (Lipinski definition) is 1. The van der Waals surface area contributed by atoms with Crippen LogP contribution < -0.4 is 10.1 Å². The normalized spacial score (nSPS) is 22.6. The number of aliphatic imine (C=N–C) groups is 1. The molecule has 2 heterocycles. The Labute approximate surface area is 193 Å². The maximum Gasteiger partial charge on any atom is 0.194 e. The molecule has 5 nitrogen and oxygen atoms in total. The van der Waals surface area contributed by atoms with Gasteiger partial charge in [-0.2, -0.15) is 0 Å². The number of halogens is 1. The van der Waals surface area contributed by atoms with Crippen LogP contribution in [-0.4, -0.2) is 61.6 Å². The number of likely N-dealkylation sites (tertiary alicyclic amines) is 2. The van der Waals surface area contributed by atoms with Gasteiger partial charge in [0.05, 0.1) is 13.2 Å². The number of ether oxygens (including phenoxy) is 1. The number of guanidine groups is 1. The van der Waals surface area contributed by atoms with E-state index in [0.717, 1.165) is 49.8 Å². The van der Waals surface area contributed by atoms with Gasteiger partial charge in [-0.25, -0.2) is 4.99 Å². The highest BCUT2D eigenvalue weighted by Gasteiger charge is 2.27. The van der Waals surface area contributed by atoms with Crippen molar-refractivity contribution in [1.29, 1.82) is 0 Å². The fourth-order valence-corrected chi connectivity index (χ4v) is 4.36. The zero-order valence-corrected chi connectivity index (χ0v) is 20.1. The lowest BCUT2D eigenvalue weighted by molar-refractivity contribution is 0.281. The van der Waals surface area contributed by atoms with Crippen LogP contribution in [0.4, 0.5) is 0 Å². The van der Waals surface area contributed by atoms with Crippen molar-refractivity contribution in [2.45, 2.75) is 45.6 Å². The van der Waals surface area contributed by atoms with Gasteiger partial charge in [-0.3, -0.25) is 0 Å². The van der Waals surface area contributed by atoms with Gasteiger partial charge >= 0.3 is 0 Å². The predicted molar refractivity (Wildman–Crippen MR) is 130 cm³/mol. The molecular formula is C23H37IN4O. The molecule has 3 fully saturated rings. The summed E-state index contributed by atoms with van der Waals surface area (Å²) < 4.78 is 6.06. The van der Waals surface area contributed by atoms with Gasteiger partial charge in [0.1, 0.15) is 5.75 Å². The summed E-state index contributed by atoms with van der Waals surface area (Å²) in [5, 5.41) is 3.51. The maximum atomic E-state index is 6.06. The van der Waals surface area contributed by atoms with Gasteiger partial charge in [0.15, 0.2) is 5.96 Å². The number of rotatable bonds is 8. The number of hydrogen-bond acceptors (Lipinski definition) is 3. The number of nitrogens with zero attached hydrogens (tertiary/aromatic N) is 3. The first-order chi connectivity index (χ1) is 13.8. The molecule has 1 saturated carbocycles. The molecule has 6 heteroatoms. The minimum absolute atomic E-state index is 0. The Hall–Kier alpha value is -1.02. The summed E-state index contributed by atoms with van der Waals surface area (Å²) in [6.45, 7) is 10.7. The van der Waals surface area contributed by atoms with E-state index in [1.54, 1.807) is 0 Å². The summed E-state index contributed by atoms with van der Waals surface area (Å²) in [6, 6.07) is 8.38. The Morgan fingerprint density at radius 3 is 2.66 bits per heavy atom. The summed E-state index contributed by atoms with van der Waals surface area (Å²) in [5.74, 6) is 3.60. The second kappa shape index (κ2) is 11.4. The smallest absolute Gasteiger partial charge is 0.194 e. The van der Waals surface area contributed by atoms with Gasteiger partial charge in [-0.05, 0) is 70.0 Å². The SMILES string of the molecule is CCNC(=NCc1ccccc1OCC1CC1)N1CCC(CN2CCCC2)C1.I. The van der Waals surface area contributed by atoms with Crippen LogP contribution in [0, 0.1) is 11.8 Å². The molecule has 4 rings (SSSR count). The molecule has 1 unspecified atom stereocenters. The molecule has 0 amide bonds. The largest absolute Gasteiger partial charge is 0.493 e. The molecule has 1 atom stereocenters. The molecule has 0 spiro atoms. The maximum absolute atomic E-state index is 6.06. The molecule has 0 aromatic heterocycles.